The summed E-state index contributed by atoms with van der Waals surface area (Å²) in [5, 5.41) is 1.45. The Bertz CT molecular complexity index is 818. The van der Waals surface area contributed by atoms with Gasteiger partial charge in [0, 0.05) is 5.39 Å². The first-order valence-corrected chi connectivity index (χ1v) is 12.5. The molecule has 29 heavy (non-hydrogen) atoms. The Labute approximate surface area is 207 Å². The quantitative estimate of drug-likeness (QED) is 0.207. The van der Waals surface area contributed by atoms with Crippen molar-refractivity contribution < 1.29 is 13.0 Å². The summed E-state index contributed by atoms with van der Waals surface area (Å²) in [4.78, 5) is 0.0914. The van der Waals surface area contributed by atoms with Gasteiger partial charge >= 0.3 is 37.7 Å². The van der Waals surface area contributed by atoms with Gasteiger partial charge in [-0.2, -0.15) is 8.42 Å². The standard InChI is InChI=1S/C24H36O3S.Ca.2H/c1-2-3-4-5-6-7-8-9-10-11-12-13-17-22-20-19-21-16-14-15-18-23(21)24(22)28(25,26)27;;;/h14-16,18-20H,2-13,17H2,1H3,(H,25,26,27);;;. The van der Waals surface area contributed by atoms with Gasteiger partial charge in [-0.15, -0.1) is 0 Å². The number of aryl methyl sites for hydroxylation is 1. The van der Waals surface area contributed by atoms with Crippen LogP contribution in [0.1, 0.15) is 89.5 Å². The normalized spacial score (nSPS) is 11.5. The van der Waals surface area contributed by atoms with Gasteiger partial charge in [0.15, 0.2) is 0 Å². The Morgan fingerprint density at radius 2 is 1.24 bits per heavy atom. The number of benzene rings is 2. The molecule has 0 heterocycles. The van der Waals surface area contributed by atoms with E-state index in [0.717, 1.165) is 23.8 Å². The Morgan fingerprint density at radius 3 is 1.79 bits per heavy atom. The van der Waals surface area contributed by atoms with Gasteiger partial charge in [-0.05, 0) is 23.8 Å². The number of hydrogen-bond donors (Lipinski definition) is 1. The van der Waals surface area contributed by atoms with Crippen LogP contribution < -0.4 is 0 Å². The van der Waals surface area contributed by atoms with Crippen molar-refractivity contribution >= 4 is 58.6 Å². The third-order valence-electron chi connectivity index (χ3n) is 5.52. The third-order valence-corrected chi connectivity index (χ3v) is 6.52. The summed E-state index contributed by atoms with van der Waals surface area (Å²) in [6.45, 7) is 2.25. The number of fused-ring (bicyclic) bond motifs is 1. The van der Waals surface area contributed by atoms with Crippen LogP contribution in [0.2, 0.25) is 0 Å². The second-order valence-electron chi connectivity index (χ2n) is 7.89. The third kappa shape index (κ3) is 9.69. The van der Waals surface area contributed by atoms with E-state index in [0.29, 0.717) is 11.8 Å². The fourth-order valence-electron chi connectivity index (χ4n) is 3.95. The summed E-state index contributed by atoms with van der Waals surface area (Å²) < 4.78 is 33.6. The number of unbranched alkanes of at least 4 members (excludes halogenated alkanes) is 11. The molecule has 0 saturated carbocycles. The zero-order valence-electron chi connectivity index (χ0n) is 17.3. The van der Waals surface area contributed by atoms with Crippen molar-refractivity contribution in [2.45, 2.75) is 95.3 Å². The molecule has 160 valence electrons. The first-order valence-electron chi connectivity index (χ1n) is 11.0. The molecule has 2 aromatic rings. The van der Waals surface area contributed by atoms with Gasteiger partial charge in [-0.3, -0.25) is 4.55 Å². The monoisotopic (exact) mass is 446 g/mol. The average Bonchev–Trinajstić information content (AvgIpc) is 2.67. The van der Waals surface area contributed by atoms with Crippen LogP contribution in [-0.2, 0) is 16.5 Å². The molecule has 2 rings (SSSR count). The van der Waals surface area contributed by atoms with Crippen molar-refractivity contribution in [1.29, 1.82) is 0 Å². The molecule has 0 radical (unpaired) electrons. The van der Waals surface area contributed by atoms with E-state index in [9.17, 15) is 13.0 Å². The Morgan fingerprint density at radius 1 is 0.724 bits per heavy atom. The van der Waals surface area contributed by atoms with Crippen LogP contribution in [0.5, 0.6) is 0 Å². The molecule has 3 nitrogen and oxygen atoms in total. The van der Waals surface area contributed by atoms with E-state index < -0.39 is 10.1 Å². The Kier molecular flexibility index (Phi) is 13.7. The van der Waals surface area contributed by atoms with Crippen molar-refractivity contribution in [2.75, 3.05) is 0 Å². The van der Waals surface area contributed by atoms with Crippen LogP contribution in [0.15, 0.2) is 41.3 Å². The van der Waals surface area contributed by atoms with E-state index in [1.807, 2.05) is 30.3 Å². The molecule has 0 aliphatic rings. The van der Waals surface area contributed by atoms with E-state index in [4.69, 9.17) is 0 Å². The molecule has 0 bridgehead atoms. The summed E-state index contributed by atoms with van der Waals surface area (Å²) in [6, 6.07) is 11.1. The predicted octanol–water partition coefficient (Wildman–Crippen LogP) is 6.41. The molecule has 0 spiro atoms. The molecule has 1 N–H and O–H groups in total. The van der Waals surface area contributed by atoms with Gasteiger partial charge in [0.1, 0.15) is 4.90 Å². The van der Waals surface area contributed by atoms with Crippen molar-refractivity contribution in [3.8, 4) is 0 Å². The molecule has 0 aliphatic carbocycles. The Hall–Kier alpha value is -0.130. The van der Waals surface area contributed by atoms with Crippen LogP contribution in [0, 0.1) is 0 Å². The van der Waals surface area contributed by atoms with Crippen LogP contribution in [0.4, 0.5) is 0 Å². The topological polar surface area (TPSA) is 54.4 Å². The number of hydrogen-bond acceptors (Lipinski definition) is 2. The van der Waals surface area contributed by atoms with Gasteiger partial charge in [-0.1, -0.05) is 114 Å². The molecular formula is C24H38CaO3S. The first kappa shape index (κ1) is 26.9. The van der Waals surface area contributed by atoms with E-state index in [1.54, 1.807) is 6.07 Å². The fraction of sp³-hybridized carbons (Fsp3) is 0.583. The molecule has 0 aliphatic heterocycles. The molecule has 0 amide bonds. The maximum absolute atomic E-state index is 11.9. The van der Waals surface area contributed by atoms with Gasteiger partial charge < -0.3 is 0 Å². The maximum atomic E-state index is 11.9. The van der Waals surface area contributed by atoms with Crippen molar-refractivity contribution in [3.63, 3.8) is 0 Å². The molecular weight excluding hydrogens is 408 g/mol. The van der Waals surface area contributed by atoms with Crippen LogP contribution in [0.25, 0.3) is 10.8 Å². The van der Waals surface area contributed by atoms with E-state index in [2.05, 4.69) is 6.92 Å². The van der Waals surface area contributed by atoms with E-state index in [-0.39, 0.29) is 42.6 Å². The van der Waals surface area contributed by atoms with Crippen molar-refractivity contribution in [3.05, 3.63) is 42.0 Å². The first-order chi connectivity index (χ1) is 13.5. The molecule has 0 unspecified atom stereocenters. The summed E-state index contributed by atoms with van der Waals surface area (Å²) >= 11 is 0. The van der Waals surface area contributed by atoms with Gasteiger partial charge in [0.05, 0.1) is 0 Å². The molecule has 5 heteroatoms. The predicted molar refractivity (Wildman–Crippen MR) is 127 cm³/mol. The van der Waals surface area contributed by atoms with Gasteiger partial charge in [-0.25, -0.2) is 0 Å². The minimum atomic E-state index is -4.23. The van der Waals surface area contributed by atoms with Crippen LogP contribution in [0.3, 0.4) is 0 Å². The molecule has 2 aromatic carbocycles. The molecule has 0 aromatic heterocycles. The van der Waals surface area contributed by atoms with Gasteiger partial charge in [0.2, 0.25) is 0 Å². The van der Waals surface area contributed by atoms with Gasteiger partial charge in [0.25, 0.3) is 10.1 Å². The minimum absolute atomic E-state index is 0. The second kappa shape index (κ2) is 14.8. The SMILES string of the molecule is CCCCCCCCCCCCCCc1ccc2ccccc2c1S(=O)(=O)O.[CaH2]. The molecule has 0 fully saturated rings. The zero-order valence-corrected chi connectivity index (χ0v) is 18.1. The summed E-state index contributed by atoms with van der Waals surface area (Å²) in [5.41, 5.74) is 0.730. The molecule has 0 saturated heterocycles. The van der Waals surface area contributed by atoms with Crippen molar-refractivity contribution in [2.24, 2.45) is 0 Å². The van der Waals surface area contributed by atoms with E-state index in [1.165, 1.54) is 64.2 Å². The number of rotatable bonds is 14. The summed E-state index contributed by atoms with van der Waals surface area (Å²) in [5.74, 6) is 0. The van der Waals surface area contributed by atoms with E-state index >= 15 is 0 Å². The second-order valence-corrected chi connectivity index (χ2v) is 9.25. The summed E-state index contributed by atoms with van der Waals surface area (Å²) in [7, 11) is -4.23. The Balaban J connectivity index is 0.00000420. The fourth-order valence-corrected chi connectivity index (χ4v) is 4.91. The average molecular weight is 447 g/mol. The van der Waals surface area contributed by atoms with Crippen molar-refractivity contribution in [1.82, 2.24) is 0 Å². The van der Waals surface area contributed by atoms with Crippen LogP contribution in [-0.4, -0.2) is 50.7 Å². The van der Waals surface area contributed by atoms with Crippen LogP contribution >= 0.6 is 0 Å². The molecule has 0 atom stereocenters. The zero-order chi connectivity index (χ0) is 20.2. The summed E-state index contributed by atoms with van der Waals surface area (Å²) in [6.07, 6.45) is 16.0.